The van der Waals surface area contributed by atoms with Gasteiger partial charge in [-0.2, -0.15) is 5.10 Å². The lowest BCUT2D eigenvalue weighted by Gasteiger charge is -2.22. The Morgan fingerprint density at radius 2 is 1.88 bits per heavy atom. The van der Waals surface area contributed by atoms with E-state index in [9.17, 15) is 13.6 Å². The van der Waals surface area contributed by atoms with Gasteiger partial charge in [0.25, 0.3) is 5.91 Å². The number of carbonyl (C=O) groups is 1. The molecule has 0 spiro atoms. The van der Waals surface area contributed by atoms with Gasteiger partial charge in [0.05, 0.1) is 6.54 Å². The van der Waals surface area contributed by atoms with Crippen LogP contribution in [0.2, 0.25) is 0 Å². The highest BCUT2D eigenvalue weighted by atomic mass is 19.3. The lowest BCUT2D eigenvalue weighted by atomic mass is 10.3. The molecule has 0 N–H and O–H groups in total. The highest BCUT2D eigenvalue weighted by molar-refractivity contribution is 5.93. The quantitative estimate of drug-likeness (QED) is 0.866. The largest absolute Gasteiger partial charge is 0.487 e. The molecule has 1 amide bonds. The number of ether oxygens (including phenoxy) is 1. The van der Waals surface area contributed by atoms with Gasteiger partial charge in [0.15, 0.2) is 0 Å². The van der Waals surface area contributed by atoms with Crippen molar-refractivity contribution in [2.24, 2.45) is 0 Å². The molecule has 1 fully saturated rings. The molecular formula is C17H19F2N3O2. The van der Waals surface area contributed by atoms with Crippen LogP contribution in [-0.2, 0) is 13.2 Å². The van der Waals surface area contributed by atoms with E-state index in [-0.39, 0.29) is 18.7 Å². The van der Waals surface area contributed by atoms with E-state index < -0.39 is 5.92 Å². The van der Waals surface area contributed by atoms with Crippen molar-refractivity contribution in [3.63, 3.8) is 0 Å². The second-order valence-electron chi connectivity index (χ2n) is 5.93. The molecule has 0 unspecified atom stereocenters. The first-order valence-electron chi connectivity index (χ1n) is 7.82. The van der Waals surface area contributed by atoms with Gasteiger partial charge in [0.2, 0.25) is 5.92 Å². The van der Waals surface area contributed by atoms with Gasteiger partial charge in [-0.15, -0.1) is 0 Å². The highest BCUT2D eigenvalue weighted by Crippen LogP contribution is 2.40. The van der Waals surface area contributed by atoms with Gasteiger partial charge in [-0.1, -0.05) is 18.2 Å². The Bertz CT molecular complexity index is 710. The molecule has 1 aliphatic carbocycles. The summed E-state index contributed by atoms with van der Waals surface area (Å²) in [6.45, 7) is 1.82. The maximum atomic E-state index is 11.9. The van der Waals surface area contributed by atoms with Gasteiger partial charge >= 0.3 is 0 Å². The van der Waals surface area contributed by atoms with Crippen LogP contribution in [0.5, 0.6) is 5.75 Å². The fourth-order valence-corrected chi connectivity index (χ4v) is 2.19. The zero-order valence-corrected chi connectivity index (χ0v) is 13.4. The summed E-state index contributed by atoms with van der Waals surface area (Å²) in [6.07, 6.45) is 0.236. The molecule has 0 radical (unpaired) electrons. The van der Waals surface area contributed by atoms with Crippen molar-refractivity contribution in [2.45, 2.75) is 31.9 Å². The number of fused-ring (bicyclic) bond motifs is 1. The second-order valence-corrected chi connectivity index (χ2v) is 5.93. The van der Waals surface area contributed by atoms with E-state index >= 15 is 0 Å². The number of benzene rings is 1. The molecule has 1 aromatic carbocycles. The predicted molar refractivity (Wildman–Crippen MR) is 84.1 cm³/mol. The lowest BCUT2D eigenvalue weighted by molar-refractivity contribution is 0.0742. The average Bonchev–Trinajstić information content (AvgIpc) is 3.11. The van der Waals surface area contributed by atoms with E-state index in [2.05, 4.69) is 5.10 Å². The minimum atomic E-state index is -2.25. The van der Waals surface area contributed by atoms with Gasteiger partial charge in [-0.05, 0) is 18.2 Å². The van der Waals surface area contributed by atoms with Crippen molar-refractivity contribution in [2.75, 3.05) is 13.6 Å². The summed E-state index contributed by atoms with van der Waals surface area (Å²) >= 11 is 0. The Balaban J connectivity index is 0.000000290. The van der Waals surface area contributed by atoms with Crippen molar-refractivity contribution >= 4 is 5.91 Å². The molecule has 5 nitrogen and oxygen atoms in total. The van der Waals surface area contributed by atoms with Crippen LogP contribution in [0.25, 0.3) is 0 Å². The molecule has 1 aliphatic heterocycles. The molecule has 2 aromatic rings. The third-order valence-electron chi connectivity index (χ3n) is 3.80. The van der Waals surface area contributed by atoms with Gasteiger partial charge in [0, 0.05) is 26.4 Å². The fraction of sp³-hybridized carbons (Fsp3) is 0.412. The number of nitrogens with zero attached hydrogens (tertiary/aromatic N) is 3. The van der Waals surface area contributed by atoms with E-state index in [1.165, 1.54) is 0 Å². The first-order chi connectivity index (χ1) is 11.4. The van der Waals surface area contributed by atoms with Gasteiger partial charge in [-0.3, -0.25) is 9.48 Å². The number of rotatable bonds is 3. The number of amides is 1. The first kappa shape index (κ1) is 16.4. The number of halogens is 2. The molecule has 0 bridgehead atoms. The first-order valence-corrected chi connectivity index (χ1v) is 7.82. The van der Waals surface area contributed by atoms with E-state index in [0.29, 0.717) is 18.8 Å². The molecular weight excluding hydrogens is 316 g/mol. The third-order valence-corrected chi connectivity index (χ3v) is 3.80. The summed E-state index contributed by atoms with van der Waals surface area (Å²) in [4.78, 5) is 13.6. The van der Waals surface area contributed by atoms with Crippen LogP contribution in [-0.4, -0.2) is 40.1 Å². The van der Waals surface area contributed by atoms with Crippen LogP contribution in [0.1, 0.15) is 29.0 Å². The molecule has 0 saturated heterocycles. The highest BCUT2D eigenvalue weighted by Gasteiger charge is 2.43. The van der Waals surface area contributed by atoms with E-state index in [4.69, 9.17) is 4.74 Å². The molecule has 4 rings (SSSR count). The fourth-order valence-electron chi connectivity index (χ4n) is 2.19. The lowest BCUT2D eigenvalue weighted by Crippen LogP contribution is -2.37. The zero-order chi connectivity index (χ0) is 17.2. The monoisotopic (exact) mass is 335 g/mol. The Morgan fingerprint density at radius 3 is 2.50 bits per heavy atom. The number of alkyl halides is 2. The van der Waals surface area contributed by atoms with Crippen LogP contribution in [0, 0.1) is 0 Å². The van der Waals surface area contributed by atoms with Crippen LogP contribution in [0.3, 0.4) is 0 Å². The molecule has 2 heterocycles. The van der Waals surface area contributed by atoms with E-state index in [0.717, 1.165) is 18.0 Å². The van der Waals surface area contributed by atoms with Crippen molar-refractivity contribution in [3.05, 3.63) is 47.8 Å². The summed E-state index contributed by atoms with van der Waals surface area (Å²) in [5.74, 6) is -1.43. The molecule has 1 saturated carbocycles. The molecule has 1 aromatic heterocycles. The minimum Gasteiger partial charge on any atom is -0.487 e. The summed E-state index contributed by atoms with van der Waals surface area (Å²) < 4.78 is 29.7. The summed E-state index contributed by atoms with van der Waals surface area (Å²) in [7, 11) is 1.80. The predicted octanol–water partition coefficient (Wildman–Crippen LogP) is 2.96. The Kier molecular flexibility index (Phi) is 4.51. The van der Waals surface area contributed by atoms with Crippen molar-refractivity contribution < 1.29 is 18.3 Å². The third kappa shape index (κ3) is 4.10. The number of likely N-dealkylation sites (N-methyl/N-ethyl adjacent to an activating group) is 1. The SMILES string of the molecule is CN1CCn2nc(COc3ccccc3)cc2C1=O.FC1(F)CC1. The molecule has 7 heteroatoms. The maximum Gasteiger partial charge on any atom is 0.271 e. The summed E-state index contributed by atoms with van der Waals surface area (Å²) in [5.41, 5.74) is 1.42. The van der Waals surface area contributed by atoms with Crippen LogP contribution in [0.15, 0.2) is 36.4 Å². The maximum absolute atomic E-state index is 11.9. The van der Waals surface area contributed by atoms with Gasteiger partial charge in [-0.25, -0.2) is 8.78 Å². The van der Waals surface area contributed by atoms with Crippen molar-refractivity contribution in [3.8, 4) is 5.75 Å². The number of hydrogen-bond acceptors (Lipinski definition) is 3. The summed E-state index contributed by atoms with van der Waals surface area (Å²) in [6, 6.07) is 11.4. The van der Waals surface area contributed by atoms with Gasteiger partial charge < -0.3 is 9.64 Å². The number of carbonyl (C=O) groups excluding carboxylic acids is 1. The van der Waals surface area contributed by atoms with Crippen molar-refractivity contribution in [1.29, 1.82) is 0 Å². The number of aromatic nitrogens is 2. The van der Waals surface area contributed by atoms with Gasteiger partial charge in [0.1, 0.15) is 23.7 Å². The molecule has 2 aliphatic rings. The van der Waals surface area contributed by atoms with E-state index in [1.54, 1.807) is 22.7 Å². The average molecular weight is 335 g/mol. The Morgan fingerprint density at radius 1 is 1.21 bits per heavy atom. The number of hydrogen-bond donors (Lipinski definition) is 0. The van der Waals surface area contributed by atoms with Crippen LogP contribution >= 0.6 is 0 Å². The van der Waals surface area contributed by atoms with E-state index in [1.807, 2.05) is 30.3 Å². The van der Waals surface area contributed by atoms with Crippen molar-refractivity contribution in [1.82, 2.24) is 14.7 Å². The standard InChI is InChI=1S/C14H15N3O2.C3H4F2/c1-16-7-8-17-13(14(16)18)9-11(15-17)10-19-12-5-3-2-4-6-12;4-3(5)1-2-3/h2-6,9H,7-8,10H2,1H3;1-2H2. The normalized spacial score (nSPS) is 17.6. The second kappa shape index (κ2) is 6.59. The topological polar surface area (TPSA) is 47.4 Å². The van der Waals surface area contributed by atoms with Crippen LogP contribution in [0.4, 0.5) is 8.78 Å². The Hall–Kier alpha value is -2.44. The smallest absolute Gasteiger partial charge is 0.271 e. The van der Waals surface area contributed by atoms with Crippen LogP contribution < -0.4 is 4.74 Å². The minimum absolute atomic E-state index is 0.0183. The summed E-state index contributed by atoms with van der Waals surface area (Å²) in [5, 5.41) is 4.39. The molecule has 0 atom stereocenters. The number of para-hydroxylation sites is 1. The Labute approximate surface area is 138 Å². The molecule has 128 valence electrons. The zero-order valence-electron chi connectivity index (χ0n) is 13.4. The molecule has 24 heavy (non-hydrogen) atoms.